The van der Waals surface area contributed by atoms with Crippen LogP contribution in [0.5, 0.6) is 0 Å². The molecule has 0 aliphatic rings. The first-order valence-electron chi connectivity index (χ1n) is 10.7. The number of hydrogen-bond acceptors (Lipinski definition) is 3. The molecule has 0 radical (unpaired) electrons. The van der Waals surface area contributed by atoms with Gasteiger partial charge >= 0.3 is 5.97 Å². The number of nitrogens with one attached hydrogen (secondary N) is 1. The van der Waals surface area contributed by atoms with Crippen molar-refractivity contribution in [3.05, 3.63) is 106 Å². The Balaban J connectivity index is 1.96. The average molecular weight is 413 g/mol. The zero-order chi connectivity index (χ0) is 22.0. The van der Waals surface area contributed by atoms with Crippen LogP contribution in [0.1, 0.15) is 51.3 Å². The van der Waals surface area contributed by atoms with Crippen molar-refractivity contribution in [3.63, 3.8) is 0 Å². The Morgan fingerprint density at radius 2 is 1.77 bits per heavy atom. The molecule has 0 saturated carbocycles. The van der Waals surface area contributed by atoms with Crippen molar-refractivity contribution in [2.24, 2.45) is 0 Å². The maximum absolute atomic E-state index is 12.9. The lowest BCUT2D eigenvalue weighted by Gasteiger charge is -2.23. The van der Waals surface area contributed by atoms with Gasteiger partial charge in [0.25, 0.3) is 0 Å². The SMILES string of the molecule is CCOC(=O)c1c(C)c(C(Nc2ccccc2C)c2cccc(C)c2)n2ccccc12. The van der Waals surface area contributed by atoms with E-state index >= 15 is 0 Å². The van der Waals surface area contributed by atoms with Crippen LogP contribution in [0, 0.1) is 20.8 Å². The van der Waals surface area contributed by atoms with Crippen molar-refractivity contribution in [2.75, 3.05) is 11.9 Å². The molecule has 4 heteroatoms. The molecule has 0 aliphatic heterocycles. The van der Waals surface area contributed by atoms with Crippen LogP contribution in [0.4, 0.5) is 5.69 Å². The summed E-state index contributed by atoms with van der Waals surface area (Å²) >= 11 is 0. The van der Waals surface area contributed by atoms with E-state index in [1.54, 1.807) is 0 Å². The van der Waals surface area contributed by atoms with Gasteiger partial charge in [-0.2, -0.15) is 0 Å². The minimum atomic E-state index is -0.283. The molecule has 2 aromatic heterocycles. The lowest BCUT2D eigenvalue weighted by atomic mass is 9.97. The van der Waals surface area contributed by atoms with Gasteiger partial charge in [0.15, 0.2) is 0 Å². The molecule has 4 nitrogen and oxygen atoms in total. The number of pyridine rings is 1. The highest BCUT2D eigenvalue weighted by Crippen LogP contribution is 2.35. The van der Waals surface area contributed by atoms with E-state index in [4.69, 9.17) is 4.74 Å². The average Bonchev–Trinajstić information content (AvgIpc) is 3.05. The molecule has 158 valence electrons. The van der Waals surface area contributed by atoms with Crippen LogP contribution in [0.15, 0.2) is 72.9 Å². The van der Waals surface area contributed by atoms with Gasteiger partial charge in [0.05, 0.1) is 29.4 Å². The Morgan fingerprint density at radius 1 is 1.00 bits per heavy atom. The van der Waals surface area contributed by atoms with Gasteiger partial charge in [-0.15, -0.1) is 0 Å². The molecule has 31 heavy (non-hydrogen) atoms. The molecule has 2 heterocycles. The van der Waals surface area contributed by atoms with Gasteiger partial charge in [-0.25, -0.2) is 4.79 Å². The summed E-state index contributed by atoms with van der Waals surface area (Å²) in [5.41, 5.74) is 8.02. The van der Waals surface area contributed by atoms with Crippen LogP contribution in [-0.4, -0.2) is 17.0 Å². The second-order valence-electron chi connectivity index (χ2n) is 7.87. The van der Waals surface area contributed by atoms with Crippen LogP contribution >= 0.6 is 0 Å². The minimum Gasteiger partial charge on any atom is -0.462 e. The number of para-hydroxylation sites is 1. The lowest BCUT2D eigenvalue weighted by molar-refractivity contribution is 0.0528. The van der Waals surface area contributed by atoms with Crippen molar-refractivity contribution < 1.29 is 9.53 Å². The van der Waals surface area contributed by atoms with Crippen LogP contribution in [0.3, 0.4) is 0 Å². The monoisotopic (exact) mass is 412 g/mol. The van der Waals surface area contributed by atoms with Gasteiger partial charge in [-0.3, -0.25) is 0 Å². The summed E-state index contributed by atoms with van der Waals surface area (Å²) in [6, 6.07) is 22.6. The normalized spacial score (nSPS) is 12.0. The number of fused-ring (bicyclic) bond motifs is 1. The Morgan fingerprint density at radius 3 is 2.52 bits per heavy atom. The van der Waals surface area contributed by atoms with Gasteiger partial charge in [-0.05, 0) is 62.6 Å². The Labute approximate surface area is 183 Å². The fourth-order valence-electron chi connectivity index (χ4n) is 4.22. The Kier molecular flexibility index (Phi) is 5.81. The Hall–Kier alpha value is -3.53. The number of rotatable bonds is 6. The number of anilines is 1. The number of carbonyl (C=O) groups excluding carboxylic acids is 1. The van der Waals surface area contributed by atoms with E-state index in [1.165, 1.54) is 11.1 Å². The van der Waals surface area contributed by atoms with Gasteiger partial charge in [0.2, 0.25) is 0 Å². The van der Waals surface area contributed by atoms with Crippen molar-refractivity contribution in [2.45, 2.75) is 33.7 Å². The molecular formula is C27H28N2O2. The molecule has 4 rings (SSSR count). The van der Waals surface area contributed by atoms with Gasteiger partial charge in [0, 0.05) is 11.9 Å². The second-order valence-corrected chi connectivity index (χ2v) is 7.87. The van der Waals surface area contributed by atoms with Crippen LogP contribution in [0.25, 0.3) is 5.52 Å². The smallest absolute Gasteiger partial charge is 0.340 e. The highest BCUT2D eigenvalue weighted by Gasteiger charge is 2.27. The third kappa shape index (κ3) is 3.93. The number of carbonyl (C=O) groups is 1. The van der Waals surface area contributed by atoms with E-state index in [0.29, 0.717) is 12.2 Å². The maximum Gasteiger partial charge on any atom is 0.340 e. The fraction of sp³-hybridized carbons (Fsp3) is 0.222. The zero-order valence-electron chi connectivity index (χ0n) is 18.5. The van der Waals surface area contributed by atoms with Gasteiger partial charge in [-0.1, -0.05) is 54.1 Å². The van der Waals surface area contributed by atoms with E-state index in [2.05, 4.69) is 60.0 Å². The summed E-state index contributed by atoms with van der Waals surface area (Å²) < 4.78 is 7.51. The molecule has 0 aliphatic carbocycles. The summed E-state index contributed by atoms with van der Waals surface area (Å²) in [5, 5.41) is 3.75. The summed E-state index contributed by atoms with van der Waals surface area (Å²) in [6.07, 6.45) is 2.02. The van der Waals surface area contributed by atoms with E-state index in [9.17, 15) is 4.79 Å². The van der Waals surface area contributed by atoms with Crippen LogP contribution < -0.4 is 5.32 Å². The zero-order valence-corrected chi connectivity index (χ0v) is 18.5. The van der Waals surface area contributed by atoms with Gasteiger partial charge < -0.3 is 14.5 Å². The molecule has 2 aromatic carbocycles. The number of aryl methyl sites for hydroxylation is 2. The first-order chi connectivity index (χ1) is 15.0. The number of aromatic nitrogens is 1. The quantitative estimate of drug-likeness (QED) is 0.381. The third-order valence-corrected chi connectivity index (χ3v) is 5.71. The largest absolute Gasteiger partial charge is 0.462 e. The summed E-state index contributed by atoms with van der Waals surface area (Å²) in [7, 11) is 0. The fourth-order valence-corrected chi connectivity index (χ4v) is 4.22. The van der Waals surface area contributed by atoms with Crippen LogP contribution in [-0.2, 0) is 4.74 Å². The number of esters is 1. The maximum atomic E-state index is 12.9. The van der Waals surface area contributed by atoms with Crippen molar-refractivity contribution in [1.29, 1.82) is 0 Å². The highest BCUT2D eigenvalue weighted by molar-refractivity contribution is 5.99. The number of hydrogen-bond donors (Lipinski definition) is 1. The molecule has 0 saturated heterocycles. The molecular weight excluding hydrogens is 384 g/mol. The van der Waals surface area contributed by atoms with Crippen LogP contribution in [0.2, 0.25) is 0 Å². The van der Waals surface area contributed by atoms with E-state index in [1.807, 2.05) is 50.4 Å². The third-order valence-electron chi connectivity index (χ3n) is 5.71. The molecule has 1 unspecified atom stereocenters. The molecule has 0 spiro atoms. The molecule has 0 bridgehead atoms. The number of ether oxygens (including phenoxy) is 1. The summed E-state index contributed by atoms with van der Waals surface area (Å²) in [4.78, 5) is 12.9. The van der Waals surface area contributed by atoms with Crippen molar-refractivity contribution in [3.8, 4) is 0 Å². The van der Waals surface area contributed by atoms with Gasteiger partial charge in [0.1, 0.15) is 0 Å². The topological polar surface area (TPSA) is 42.7 Å². The summed E-state index contributed by atoms with van der Waals surface area (Å²) in [5.74, 6) is -0.283. The predicted octanol–water partition coefficient (Wildman–Crippen LogP) is 6.24. The Bertz CT molecular complexity index is 1240. The molecule has 0 amide bonds. The van der Waals surface area contributed by atoms with Crippen molar-refractivity contribution in [1.82, 2.24) is 4.40 Å². The second kappa shape index (κ2) is 8.68. The standard InChI is InChI=1S/C27H28N2O2/c1-5-31-27(30)24-20(4)26(29-16-9-8-15-23(24)29)25(21-13-10-11-18(2)17-21)28-22-14-7-6-12-19(22)3/h6-17,25,28H,5H2,1-4H3. The number of nitrogens with zero attached hydrogens (tertiary/aromatic N) is 1. The predicted molar refractivity (Wildman–Crippen MR) is 126 cm³/mol. The molecule has 1 N–H and O–H groups in total. The molecule has 0 fully saturated rings. The number of benzene rings is 2. The van der Waals surface area contributed by atoms with E-state index in [-0.39, 0.29) is 12.0 Å². The summed E-state index contributed by atoms with van der Waals surface area (Å²) in [6.45, 7) is 8.39. The van der Waals surface area contributed by atoms with E-state index < -0.39 is 0 Å². The lowest BCUT2D eigenvalue weighted by Crippen LogP contribution is -2.16. The first kappa shape index (κ1) is 20.7. The van der Waals surface area contributed by atoms with E-state index in [0.717, 1.165) is 28.0 Å². The highest BCUT2D eigenvalue weighted by atomic mass is 16.5. The minimum absolute atomic E-state index is 0.140. The molecule has 1 atom stereocenters. The van der Waals surface area contributed by atoms with Crippen molar-refractivity contribution >= 4 is 17.2 Å². The molecule has 4 aromatic rings. The first-order valence-corrected chi connectivity index (χ1v) is 10.7.